The Labute approximate surface area is 161 Å². The number of anilines is 1. The monoisotopic (exact) mass is 400 g/mol. The smallest absolute Gasteiger partial charge is 0.201 e. The zero-order valence-corrected chi connectivity index (χ0v) is 15.2. The average molecular weight is 400 g/mol. The standard InChI is InChI=1S/C19H14F2N4O2S/c20-13-2-1-3-14(21)16(13)17(27)12-8-24-18-11(12)6-10(7-23-18)15-9-25-19(28-15)22-4-5-26/h1-3,6-9,26H,4-5H2,(H,22,25)(H,23,24). The Morgan fingerprint density at radius 2 is 2.00 bits per heavy atom. The van der Waals surface area contributed by atoms with Crippen LogP contribution in [0.15, 0.2) is 42.9 Å². The molecule has 0 saturated heterocycles. The van der Waals surface area contributed by atoms with E-state index in [9.17, 15) is 13.6 Å². The number of carbonyl (C=O) groups is 1. The average Bonchev–Trinajstić information content (AvgIpc) is 3.32. The van der Waals surface area contributed by atoms with E-state index in [1.165, 1.54) is 23.6 Å². The molecule has 0 bridgehead atoms. The summed E-state index contributed by atoms with van der Waals surface area (Å²) in [6.45, 7) is 0.374. The molecule has 3 heterocycles. The van der Waals surface area contributed by atoms with Crippen molar-refractivity contribution in [1.82, 2.24) is 15.0 Å². The normalized spacial score (nSPS) is 11.1. The van der Waals surface area contributed by atoms with Crippen LogP contribution in [-0.2, 0) is 0 Å². The third kappa shape index (κ3) is 3.25. The number of aliphatic hydroxyl groups is 1. The lowest BCUT2D eigenvalue weighted by molar-refractivity contribution is 0.103. The number of nitrogens with zero attached hydrogens (tertiary/aromatic N) is 2. The van der Waals surface area contributed by atoms with E-state index in [1.807, 2.05) is 0 Å². The predicted octanol–water partition coefficient (Wildman–Crippen LogP) is 3.60. The summed E-state index contributed by atoms with van der Waals surface area (Å²) in [5.41, 5.74) is 0.690. The van der Waals surface area contributed by atoms with Gasteiger partial charge >= 0.3 is 0 Å². The van der Waals surface area contributed by atoms with Crippen LogP contribution in [0.3, 0.4) is 0 Å². The van der Waals surface area contributed by atoms with Gasteiger partial charge in [0, 0.05) is 41.6 Å². The van der Waals surface area contributed by atoms with Gasteiger partial charge in [0.25, 0.3) is 0 Å². The van der Waals surface area contributed by atoms with Gasteiger partial charge in [-0.05, 0) is 18.2 Å². The van der Waals surface area contributed by atoms with Gasteiger partial charge in [-0.2, -0.15) is 0 Å². The third-order valence-corrected chi connectivity index (χ3v) is 5.15. The fourth-order valence-electron chi connectivity index (χ4n) is 2.83. The molecule has 0 radical (unpaired) electrons. The van der Waals surface area contributed by atoms with E-state index >= 15 is 0 Å². The molecule has 0 saturated carbocycles. The summed E-state index contributed by atoms with van der Waals surface area (Å²) in [5.74, 6) is -2.58. The van der Waals surface area contributed by atoms with Gasteiger partial charge in [0.2, 0.25) is 5.78 Å². The molecule has 9 heteroatoms. The number of nitrogens with one attached hydrogen (secondary N) is 2. The molecule has 0 amide bonds. The van der Waals surface area contributed by atoms with E-state index in [-0.39, 0.29) is 12.2 Å². The second kappa shape index (κ2) is 7.45. The van der Waals surface area contributed by atoms with Gasteiger partial charge in [0.15, 0.2) is 5.13 Å². The highest BCUT2D eigenvalue weighted by molar-refractivity contribution is 7.18. The van der Waals surface area contributed by atoms with Crippen molar-refractivity contribution >= 4 is 33.3 Å². The van der Waals surface area contributed by atoms with Crippen molar-refractivity contribution in [2.45, 2.75) is 0 Å². The van der Waals surface area contributed by atoms with Crippen molar-refractivity contribution in [3.05, 3.63) is 65.6 Å². The number of hydrogen-bond acceptors (Lipinski definition) is 6. The van der Waals surface area contributed by atoms with Gasteiger partial charge in [0.05, 0.1) is 17.0 Å². The van der Waals surface area contributed by atoms with Crippen LogP contribution in [0.2, 0.25) is 0 Å². The number of thiazole rings is 1. The molecular formula is C19H14F2N4O2S. The minimum atomic E-state index is -0.912. The summed E-state index contributed by atoms with van der Waals surface area (Å²) in [6.07, 6.45) is 4.68. The minimum Gasteiger partial charge on any atom is -0.395 e. The number of aliphatic hydroxyl groups excluding tert-OH is 1. The van der Waals surface area contributed by atoms with Gasteiger partial charge in [-0.25, -0.2) is 18.7 Å². The van der Waals surface area contributed by atoms with Crippen molar-refractivity contribution in [3.8, 4) is 10.4 Å². The maximum atomic E-state index is 14.0. The molecule has 0 spiro atoms. The second-order valence-corrected chi connectivity index (χ2v) is 6.96. The zero-order chi connectivity index (χ0) is 19.7. The van der Waals surface area contributed by atoms with Crippen LogP contribution in [0, 0.1) is 11.6 Å². The number of pyridine rings is 1. The summed E-state index contributed by atoms with van der Waals surface area (Å²) in [6, 6.07) is 5.04. The van der Waals surface area contributed by atoms with Crippen LogP contribution in [0.1, 0.15) is 15.9 Å². The maximum Gasteiger partial charge on any atom is 0.201 e. The van der Waals surface area contributed by atoms with Crippen LogP contribution >= 0.6 is 11.3 Å². The van der Waals surface area contributed by atoms with Crippen molar-refractivity contribution in [3.63, 3.8) is 0 Å². The summed E-state index contributed by atoms with van der Waals surface area (Å²) >= 11 is 1.36. The number of halogens is 2. The molecule has 0 aliphatic carbocycles. The minimum absolute atomic E-state index is 0.0101. The van der Waals surface area contributed by atoms with Crippen molar-refractivity contribution in [1.29, 1.82) is 0 Å². The van der Waals surface area contributed by atoms with Crippen molar-refractivity contribution in [2.24, 2.45) is 0 Å². The molecule has 142 valence electrons. The van der Waals surface area contributed by atoms with Crippen LogP contribution in [0.4, 0.5) is 13.9 Å². The van der Waals surface area contributed by atoms with Gasteiger partial charge in [-0.3, -0.25) is 4.79 Å². The molecular weight excluding hydrogens is 386 g/mol. The third-order valence-electron chi connectivity index (χ3n) is 4.14. The summed E-state index contributed by atoms with van der Waals surface area (Å²) < 4.78 is 28.0. The molecule has 0 aliphatic rings. The van der Waals surface area contributed by atoms with Crippen LogP contribution < -0.4 is 5.32 Å². The molecule has 6 nitrogen and oxygen atoms in total. The molecule has 0 unspecified atom stereocenters. The van der Waals surface area contributed by atoms with Gasteiger partial charge in [-0.1, -0.05) is 17.4 Å². The highest BCUT2D eigenvalue weighted by Crippen LogP contribution is 2.31. The number of fused-ring (bicyclic) bond motifs is 1. The highest BCUT2D eigenvalue weighted by Gasteiger charge is 2.22. The summed E-state index contributed by atoms with van der Waals surface area (Å²) in [7, 11) is 0. The first-order chi connectivity index (χ1) is 13.6. The maximum absolute atomic E-state index is 14.0. The molecule has 0 fully saturated rings. The molecule has 4 aromatic rings. The van der Waals surface area contributed by atoms with Crippen LogP contribution in [-0.4, -0.2) is 39.0 Å². The molecule has 4 rings (SSSR count). The summed E-state index contributed by atoms with van der Waals surface area (Å²) in [4.78, 5) is 24.9. The first kappa shape index (κ1) is 18.2. The number of hydrogen-bond donors (Lipinski definition) is 3. The van der Waals surface area contributed by atoms with Crippen LogP contribution in [0.25, 0.3) is 21.5 Å². The Morgan fingerprint density at radius 1 is 1.21 bits per heavy atom. The Kier molecular flexibility index (Phi) is 4.84. The highest BCUT2D eigenvalue weighted by atomic mass is 32.1. The number of aromatic amines is 1. The first-order valence-electron chi connectivity index (χ1n) is 8.35. The van der Waals surface area contributed by atoms with E-state index in [1.54, 1.807) is 18.5 Å². The number of H-pyrrole nitrogens is 1. The summed E-state index contributed by atoms with van der Waals surface area (Å²) in [5, 5.41) is 13.0. The number of aromatic nitrogens is 3. The number of carbonyl (C=O) groups excluding carboxylic acids is 1. The van der Waals surface area contributed by atoms with Gasteiger partial charge in [-0.15, -0.1) is 0 Å². The Morgan fingerprint density at radius 3 is 2.75 bits per heavy atom. The topological polar surface area (TPSA) is 90.9 Å². The van der Waals surface area contributed by atoms with E-state index < -0.39 is 23.0 Å². The van der Waals surface area contributed by atoms with E-state index in [4.69, 9.17) is 5.11 Å². The predicted molar refractivity (Wildman–Crippen MR) is 103 cm³/mol. The molecule has 1 aromatic carbocycles. The van der Waals surface area contributed by atoms with Gasteiger partial charge < -0.3 is 15.4 Å². The van der Waals surface area contributed by atoms with E-state index in [2.05, 4.69) is 20.3 Å². The van der Waals surface area contributed by atoms with Crippen LogP contribution in [0.5, 0.6) is 0 Å². The Hall–Kier alpha value is -3.17. The van der Waals surface area contributed by atoms with Crippen molar-refractivity contribution in [2.75, 3.05) is 18.5 Å². The molecule has 3 N–H and O–H groups in total. The fraction of sp³-hybridized carbons (Fsp3) is 0.105. The quantitative estimate of drug-likeness (QED) is 0.430. The lowest BCUT2D eigenvalue weighted by Crippen LogP contribution is -2.06. The lowest BCUT2D eigenvalue weighted by Gasteiger charge is -2.04. The molecule has 0 aliphatic heterocycles. The number of rotatable bonds is 6. The number of benzene rings is 1. The molecule has 28 heavy (non-hydrogen) atoms. The molecule has 3 aromatic heterocycles. The van der Waals surface area contributed by atoms with Crippen molar-refractivity contribution < 1.29 is 18.7 Å². The molecule has 0 atom stereocenters. The largest absolute Gasteiger partial charge is 0.395 e. The Balaban J connectivity index is 1.74. The van der Waals surface area contributed by atoms with E-state index in [0.717, 1.165) is 17.0 Å². The Bertz CT molecular complexity index is 1150. The van der Waals surface area contributed by atoms with E-state index in [0.29, 0.717) is 28.3 Å². The number of ketones is 1. The fourth-order valence-corrected chi connectivity index (χ4v) is 3.65. The second-order valence-electron chi connectivity index (χ2n) is 5.93. The van der Waals surface area contributed by atoms with Gasteiger partial charge in [0.1, 0.15) is 17.3 Å². The first-order valence-corrected chi connectivity index (χ1v) is 9.17. The zero-order valence-electron chi connectivity index (χ0n) is 14.4. The SMILES string of the molecule is O=C(c1c(F)cccc1F)c1c[nH]c2ncc(-c3cnc(NCCO)s3)cc12. The lowest BCUT2D eigenvalue weighted by atomic mass is 10.0.